The monoisotopic (exact) mass is 440 g/mol. The van der Waals surface area contributed by atoms with Crippen LogP contribution < -0.4 is 9.57 Å². The number of pyridine rings is 1. The molecule has 0 aliphatic heterocycles. The number of rotatable bonds is 9. The summed E-state index contributed by atoms with van der Waals surface area (Å²) in [4.78, 5) is 16.9. The fraction of sp³-hybridized carbons (Fsp3) is 0.143. The lowest BCUT2D eigenvalue weighted by molar-refractivity contribution is -0.385. The average molecular weight is 440 g/mol. The highest BCUT2D eigenvalue weighted by atomic mass is 32.2. The third kappa shape index (κ3) is 6.09. The lowest BCUT2D eigenvalue weighted by atomic mass is 10.2. The van der Waals surface area contributed by atoms with Gasteiger partial charge in [-0.25, -0.2) is 4.83 Å². The second-order valence-corrected chi connectivity index (χ2v) is 8.26. The number of hydrazone groups is 1. The van der Waals surface area contributed by atoms with Gasteiger partial charge in [0.25, 0.3) is 15.7 Å². The highest BCUT2D eigenvalue weighted by Crippen LogP contribution is 2.23. The highest BCUT2D eigenvalue weighted by Gasteiger charge is 2.15. The maximum atomic E-state index is 12.3. The first-order valence-electron chi connectivity index (χ1n) is 9.27. The van der Waals surface area contributed by atoms with Gasteiger partial charge in [-0.1, -0.05) is 23.8 Å². The molecule has 31 heavy (non-hydrogen) atoms. The van der Waals surface area contributed by atoms with Crippen molar-refractivity contribution in [2.45, 2.75) is 18.2 Å². The molecule has 1 N–H and O–H groups in total. The van der Waals surface area contributed by atoms with Crippen molar-refractivity contribution in [2.75, 3.05) is 6.61 Å². The first-order valence-corrected chi connectivity index (χ1v) is 10.8. The molecule has 160 valence electrons. The Bertz CT molecular complexity index is 1180. The van der Waals surface area contributed by atoms with Crippen LogP contribution in [0.3, 0.4) is 0 Å². The Balaban J connectivity index is 1.71. The fourth-order valence-electron chi connectivity index (χ4n) is 2.66. The van der Waals surface area contributed by atoms with Gasteiger partial charge < -0.3 is 4.74 Å². The van der Waals surface area contributed by atoms with E-state index in [1.54, 1.807) is 24.5 Å². The van der Waals surface area contributed by atoms with E-state index < -0.39 is 14.9 Å². The van der Waals surface area contributed by atoms with E-state index in [0.717, 1.165) is 17.3 Å². The van der Waals surface area contributed by atoms with Crippen molar-refractivity contribution in [3.05, 3.63) is 93.8 Å². The zero-order valence-electron chi connectivity index (χ0n) is 16.6. The molecule has 0 saturated carbocycles. The number of nitrogens with one attached hydrogen (secondary N) is 1. The average Bonchev–Trinajstić information content (AvgIpc) is 2.75. The Labute approximate surface area is 179 Å². The molecule has 9 nitrogen and oxygen atoms in total. The lowest BCUT2D eigenvalue weighted by Gasteiger charge is -2.07. The molecule has 0 radical (unpaired) electrons. The molecule has 0 spiro atoms. The van der Waals surface area contributed by atoms with E-state index in [1.807, 2.05) is 19.1 Å². The van der Waals surface area contributed by atoms with E-state index >= 15 is 0 Å². The second-order valence-electron chi connectivity index (χ2n) is 6.60. The molecular formula is C21H20N4O5S. The number of aromatic nitrogens is 1. The van der Waals surface area contributed by atoms with Gasteiger partial charge in [-0.05, 0) is 42.8 Å². The van der Waals surface area contributed by atoms with Gasteiger partial charge in [0.1, 0.15) is 5.75 Å². The lowest BCUT2D eigenvalue weighted by Crippen LogP contribution is -2.18. The summed E-state index contributed by atoms with van der Waals surface area (Å²) >= 11 is 0. The van der Waals surface area contributed by atoms with Crippen molar-refractivity contribution < 1.29 is 18.1 Å². The van der Waals surface area contributed by atoms with Crippen molar-refractivity contribution in [3.63, 3.8) is 0 Å². The van der Waals surface area contributed by atoms with Crippen molar-refractivity contribution >= 4 is 21.9 Å². The number of hydrogen-bond acceptors (Lipinski definition) is 7. The van der Waals surface area contributed by atoms with E-state index in [4.69, 9.17) is 4.74 Å². The van der Waals surface area contributed by atoms with Gasteiger partial charge in [-0.2, -0.15) is 13.5 Å². The smallest absolute Gasteiger partial charge is 0.278 e. The Hall–Kier alpha value is -3.79. The van der Waals surface area contributed by atoms with Crippen LogP contribution in [0.2, 0.25) is 0 Å². The Morgan fingerprint density at radius 1 is 1.19 bits per heavy atom. The van der Waals surface area contributed by atoms with Crippen LogP contribution in [-0.4, -0.2) is 31.1 Å². The fourth-order valence-corrected chi connectivity index (χ4v) is 3.45. The molecular weight excluding hydrogens is 420 g/mol. The molecule has 0 amide bonds. The summed E-state index contributed by atoms with van der Waals surface area (Å²) in [5.74, 6) is 0.400. The minimum atomic E-state index is -3.89. The van der Waals surface area contributed by atoms with Crippen LogP contribution in [0.25, 0.3) is 0 Å². The molecule has 0 aliphatic rings. The van der Waals surface area contributed by atoms with Gasteiger partial charge in [0.05, 0.1) is 28.2 Å². The molecule has 0 fully saturated rings. The molecule has 1 aromatic heterocycles. The Morgan fingerprint density at radius 3 is 2.65 bits per heavy atom. The third-order valence-electron chi connectivity index (χ3n) is 4.29. The zero-order chi connectivity index (χ0) is 22.3. The maximum absolute atomic E-state index is 12.3. The summed E-state index contributed by atoms with van der Waals surface area (Å²) in [5, 5.41) is 15.0. The van der Waals surface area contributed by atoms with Crippen LogP contribution in [0, 0.1) is 17.0 Å². The quantitative estimate of drug-likeness (QED) is 0.309. The van der Waals surface area contributed by atoms with Gasteiger partial charge in [0.2, 0.25) is 0 Å². The summed E-state index contributed by atoms with van der Waals surface area (Å²) in [6.07, 6.45) is 5.11. The number of hydrogen-bond donors (Lipinski definition) is 1. The van der Waals surface area contributed by atoms with Crippen LogP contribution in [-0.2, 0) is 16.4 Å². The molecule has 1 heterocycles. The molecule has 0 atom stereocenters. The molecule has 3 aromatic rings. The van der Waals surface area contributed by atoms with Gasteiger partial charge >= 0.3 is 0 Å². The molecule has 10 heteroatoms. The largest absolute Gasteiger partial charge is 0.493 e. The predicted molar refractivity (Wildman–Crippen MR) is 116 cm³/mol. The first-order chi connectivity index (χ1) is 14.8. The van der Waals surface area contributed by atoms with Crippen LogP contribution in [0.1, 0.15) is 16.7 Å². The van der Waals surface area contributed by atoms with Crippen LogP contribution in [0.5, 0.6) is 5.75 Å². The van der Waals surface area contributed by atoms with E-state index in [-0.39, 0.29) is 16.1 Å². The van der Waals surface area contributed by atoms with Crippen LogP contribution in [0.15, 0.2) is 77.0 Å². The number of ether oxygens (including phenoxy) is 1. The summed E-state index contributed by atoms with van der Waals surface area (Å²) in [6.45, 7) is 2.19. The highest BCUT2D eigenvalue weighted by molar-refractivity contribution is 7.89. The molecule has 0 unspecified atom stereocenters. The number of aryl methyl sites for hydroxylation is 1. The zero-order valence-corrected chi connectivity index (χ0v) is 17.5. The van der Waals surface area contributed by atoms with Crippen LogP contribution in [0.4, 0.5) is 5.69 Å². The predicted octanol–water partition coefficient (Wildman–Crippen LogP) is 3.23. The van der Waals surface area contributed by atoms with Gasteiger partial charge in [-0.3, -0.25) is 15.1 Å². The summed E-state index contributed by atoms with van der Waals surface area (Å²) in [7, 11) is -3.89. The molecule has 3 rings (SSSR count). The number of sulfonamides is 1. The van der Waals surface area contributed by atoms with Gasteiger partial charge in [-0.15, -0.1) is 0 Å². The molecule has 2 aromatic carbocycles. The third-order valence-corrected chi connectivity index (χ3v) is 5.52. The second kappa shape index (κ2) is 9.81. The number of nitro groups is 1. The number of nitrogens with zero attached hydrogens (tertiary/aromatic N) is 3. The molecule has 0 bridgehead atoms. The van der Waals surface area contributed by atoms with E-state index in [2.05, 4.69) is 14.9 Å². The van der Waals surface area contributed by atoms with Crippen LogP contribution >= 0.6 is 0 Å². The Kier molecular flexibility index (Phi) is 6.93. The minimum absolute atomic E-state index is 0.0391. The first kappa shape index (κ1) is 21.9. The number of benzene rings is 2. The SMILES string of the molecule is Cc1ccc(S(=O)(=O)N/N=C\c2cc(OCCc3cccnc3)ccc2[N+](=O)[O-])cc1. The van der Waals surface area contributed by atoms with Crippen molar-refractivity contribution in [1.82, 2.24) is 9.82 Å². The van der Waals surface area contributed by atoms with Crippen molar-refractivity contribution in [3.8, 4) is 5.75 Å². The standard InChI is InChI=1S/C21H20N4O5S/c1-16-4-7-20(8-5-16)31(28,29)24-23-15-18-13-19(6-9-21(18)25(26)27)30-12-10-17-3-2-11-22-14-17/h2-9,11,13-15,24H,10,12H2,1H3/b23-15-. The Morgan fingerprint density at radius 2 is 1.97 bits per heavy atom. The van der Waals surface area contributed by atoms with E-state index in [1.165, 1.54) is 30.3 Å². The van der Waals surface area contributed by atoms with Gasteiger partial charge in [0, 0.05) is 24.9 Å². The van der Waals surface area contributed by atoms with E-state index in [9.17, 15) is 18.5 Å². The maximum Gasteiger partial charge on any atom is 0.278 e. The summed E-state index contributed by atoms with van der Waals surface area (Å²) < 4.78 is 30.3. The summed E-state index contributed by atoms with van der Waals surface area (Å²) in [6, 6.07) is 14.2. The molecule has 0 saturated heterocycles. The normalized spacial score (nSPS) is 11.4. The van der Waals surface area contributed by atoms with E-state index in [0.29, 0.717) is 18.8 Å². The minimum Gasteiger partial charge on any atom is -0.493 e. The van der Waals surface area contributed by atoms with Crippen molar-refractivity contribution in [2.24, 2.45) is 5.10 Å². The topological polar surface area (TPSA) is 124 Å². The van der Waals surface area contributed by atoms with Gasteiger partial charge in [0.15, 0.2) is 0 Å². The summed E-state index contributed by atoms with van der Waals surface area (Å²) in [5.41, 5.74) is 1.79. The number of nitro benzene ring substituents is 1. The van der Waals surface area contributed by atoms with Crippen molar-refractivity contribution in [1.29, 1.82) is 0 Å². The molecule has 0 aliphatic carbocycles.